The summed E-state index contributed by atoms with van der Waals surface area (Å²) in [6, 6.07) is 12.2. The fourth-order valence-electron chi connectivity index (χ4n) is 2.02. The van der Waals surface area contributed by atoms with Crippen molar-refractivity contribution in [3.8, 4) is 11.5 Å². The number of hydrogen-bond donors (Lipinski definition) is 0. The maximum absolute atomic E-state index is 5.37. The molecular formula is C18H20O2. The van der Waals surface area contributed by atoms with Crippen molar-refractivity contribution >= 4 is 12.2 Å². The second kappa shape index (κ2) is 6.29. The molecular weight excluding hydrogens is 248 g/mol. The minimum atomic E-state index is 0.825. The van der Waals surface area contributed by atoms with Gasteiger partial charge in [-0.15, -0.1) is 0 Å². The van der Waals surface area contributed by atoms with Gasteiger partial charge >= 0.3 is 0 Å². The molecule has 20 heavy (non-hydrogen) atoms. The first-order chi connectivity index (χ1) is 9.63. The molecule has 0 saturated carbocycles. The summed E-state index contributed by atoms with van der Waals surface area (Å²) < 4.78 is 10.6. The second-order valence-electron chi connectivity index (χ2n) is 4.78. The lowest BCUT2D eigenvalue weighted by Gasteiger charge is -2.07. The third kappa shape index (κ3) is 3.21. The Hall–Kier alpha value is -2.22. The van der Waals surface area contributed by atoms with Crippen LogP contribution >= 0.6 is 0 Å². The van der Waals surface area contributed by atoms with Gasteiger partial charge in [0.1, 0.15) is 11.5 Å². The van der Waals surface area contributed by atoms with E-state index < -0.39 is 0 Å². The summed E-state index contributed by atoms with van der Waals surface area (Å²) in [5.41, 5.74) is 4.79. The molecule has 104 valence electrons. The van der Waals surface area contributed by atoms with Crippen molar-refractivity contribution in [3.63, 3.8) is 0 Å². The summed E-state index contributed by atoms with van der Waals surface area (Å²) in [5, 5.41) is 0. The van der Waals surface area contributed by atoms with Gasteiger partial charge in [-0.3, -0.25) is 0 Å². The van der Waals surface area contributed by atoms with E-state index in [2.05, 4.69) is 38.1 Å². The fraction of sp³-hybridized carbons (Fsp3) is 0.222. The SMILES string of the molecule is COc1ccc(OC)c(/C=C/c2ccc(C)c(C)c2)c1. The molecule has 0 bridgehead atoms. The number of ether oxygens (including phenoxy) is 2. The lowest BCUT2D eigenvalue weighted by Crippen LogP contribution is -1.89. The smallest absolute Gasteiger partial charge is 0.126 e. The Labute approximate surface area is 120 Å². The van der Waals surface area contributed by atoms with Gasteiger partial charge in [-0.1, -0.05) is 30.4 Å². The van der Waals surface area contributed by atoms with Crippen LogP contribution in [0.2, 0.25) is 0 Å². The van der Waals surface area contributed by atoms with Gasteiger partial charge in [-0.05, 0) is 48.7 Å². The summed E-state index contributed by atoms with van der Waals surface area (Å²) in [7, 11) is 3.34. The molecule has 0 N–H and O–H groups in total. The van der Waals surface area contributed by atoms with E-state index in [1.807, 2.05) is 24.3 Å². The van der Waals surface area contributed by atoms with Gasteiger partial charge in [0, 0.05) is 5.56 Å². The number of benzene rings is 2. The standard InChI is InChI=1S/C18H20O2/c1-13-5-6-15(11-14(13)2)7-8-16-12-17(19-3)9-10-18(16)20-4/h5-12H,1-4H3/b8-7+. The second-order valence-corrected chi connectivity index (χ2v) is 4.78. The highest BCUT2D eigenvalue weighted by molar-refractivity contribution is 5.73. The first-order valence-electron chi connectivity index (χ1n) is 6.61. The van der Waals surface area contributed by atoms with Crippen LogP contribution in [0, 0.1) is 13.8 Å². The fourth-order valence-corrected chi connectivity index (χ4v) is 2.02. The maximum atomic E-state index is 5.37. The molecule has 0 aromatic heterocycles. The Morgan fingerprint density at radius 1 is 0.800 bits per heavy atom. The van der Waals surface area contributed by atoms with E-state index in [4.69, 9.17) is 9.47 Å². The molecule has 0 fully saturated rings. The quantitative estimate of drug-likeness (QED) is 0.761. The summed E-state index contributed by atoms with van der Waals surface area (Å²) in [4.78, 5) is 0. The molecule has 0 spiro atoms. The van der Waals surface area contributed by atoms with Crippen LogP contribution in [0.25, 0.3) is 12.2 Å². The third-order valence-electron chi connectivity index (χ3n) is 3.42. The molecule has 2 heteroatoms. The highest BCUT2D eigenvalue weighted by Gasteiger charge is 2.02. The molecule has 0 heterocycles. The molecule has 2 aromatic rings. The monoisotopic (exact) mass is 268 g/mol. The minimum Gasteiger partial charge on any atom is -0.497 e. The molecule has 0 aliphatic carbocycles. The average Bonchev–Trinajstić information content (AvgIpc) is 2.48. The Morgan fingerprint density at radius 2 is 1.60 bits per heavy atom. The zero-order valence-corrected chi connectivity index (χ0v) is 12.4. The minimum absolute atomic E-state index is 0.825. The molecule has 0 radical (unpaired) electrons. The van der Waals surface area contributed by atoms with E-state index in [0.29, 0.717) is 0 Å². The molecule has 0 amide bonds. The van der Waals surface area contributed by atoms with Crippen molar-refractivity contribution in [2.45, 2.75) is 13.8 Å². The highest BCUT2D eigenvalue weighted by Crippen LogP contribution is 2.26. The van der Waals surface area contributed by atoms with Gasteiger partial charge in [-0.25, -0.2) is 0 Å². The van der Waals surface area contributed by atoms with Crippen molar-refractivity contribution in [1.29, 1.82) is 0 Å². The lowest BCUT2D eigenvalue weighted by atomic mass is 10.0. The van der Waals surface area contributed by atoms with Gasteiger partial charge in [0.2, 0.25) is 0 Å². The van der Waals surface area contributed by atoms with E-state index in [1.165, 1.54) is 16.7 Å². The summed E-state index contributed by atoms with van der Waals surface area (Å²) in [6.45, 7) is 4.24. The number of rotatable bonds is 4. The number of hydrogen-bond acceptors (Lipinski definition) is 2. The van der Waals surface area contributed by atoms with Gasteiger partial charge in [0.15, 0.2) is 0 Å². The van der Waals surface area contributed by atoms with E-state index in [1.54, 1.807) is 14.2 Å². The molecule has 0 atom stereocenters. The molecule has 0 aliphatic rings. The van der Waals surface area contributed by atoms with Crippen LogP contribution in [0.15, 0.2) is 36.4 Å². The number of methoxy groups -OCH3 is 2. The average molecular weight is 268 g/mol. The van der Waals surface area contributed by atoms with Crippen molar-refractivity contribution in [1.82, 2.24) is 0 Å². The predicted molar refractivity (Wildman–Crippen MR) is 84.4 cm³/mol. The Balaban J connectivity index is 2.32. The van der Waals surface area contributed by atoms with Crippen LogP contribution in [0.1, 0.15) is 22.3 Å². The van der Waals surface area contributed by atoms with Gasteiger partial charge in [-0.2, -0.15) is 0 Å². The summed E-state index contributed by atoms with van der Waals surface area (Å²) in [5.74, 6) is 1.66. The van der Waals surface area contributed by atoms with Crippen LogP contribution < -0.4 is 9.47 Å². The summed E-state index contributed by atoms with van der Waals surface area (Å²) in [6.07, 6.45) is 4.13. The molecule has 2 nitrogen and oxygen atoms in total. The Morgan fingerprint density at radius 3 is 2.25 bits per heavy atom. The van der Waals surface area contributed by atoms with Crippen molar-refractivity contribution < 1.29 is 9.47 Å². The molecule has 0 unspecified atom stereocenters. The van der Waals surface area contributed by atoms with Crippen LogP contribution in [-0.2, 0) is 0 Å². The summed E-state index contributed by atoms with van der Waals surface area (Å²) >= 11 is 0. The van der Waals surface area contributed by atoms with E-state index in [-0.39, 0.29) is 0 Å². The van der Waals surface area contributed by atoms with Crippen molar-refractivity contribution in [3.05, 3.63) is 58.7 Å². The molecule has 0 saturated heterocycles. The van der Waals surface area contributed by atoms with E-state index >= 15 is 0 Å². The van der Waals surface area contributed by atoms with Crippen LogP contribution in [0.4, 0.5) is 0 Å². The largest absolute Gasteiger partial charge is 0.497 e. The zero-order chi connectivity index (χ0) is 14.5. The maximum Gasteiger partial charge on any atom is 0.126 e. The first-order valence-corrected chi connectivity index (χ1v) is 6.61. The zero-order valence-electron chi connectivity index (χ0n) is 12.4. The van der Waals surface area contributed by atoms with Crippen LogP contribution in [-0.4, -0.2) is 14.2 Å². The Bertz CT molecular complexity index is 627. The van der Waals surface area contributed by atoms with Crippen LogP contribution in [0.5, 0.6) is 11.5 Å². The predicted octanol–water partition coefficient (Wildman–Crippen LogP) is 4.49. The normalized spacial score (nSPS) is 10.8. The number of aryl methyl sites for hydroxylation is 2. The van der Waals surface area contributed by atoms with Gasteiger partial charge in [0.25, 0.3) is 0 Å². The van der Waals surface area contributed by atoms with Gasteiger partial charge in [0.05, 0.1) is 14.2 Å². The molecule has 2 aromatic carbocycles. The lowest BCUT2D eigenvalue weighted by molar-refractivity contribution is 0.402. The highest BCUT2D eigenvalue weighted by atomic mass is 16.5. The third-order valence-corrected chi connectivity index (χ3v) is 3.42. The first kappa shape index (κ1) is 14.2. The van der Waals surface area contributed by atoms with Crippen molar-refractivity contribution in [2.24, 2.45) is 0 Å². The molecule has 2 rings (SSSR count). The Kier molecular flexibility index (Phi) is 4.46. The van der Waals surface area contributed by atoms with E-state index in [0.717, 1.165) is 17.1 Å². The van der Waals surface area contributed by atoms with Gasteiger partial charge < -0.3 is 9.47 Å². The van der Waals surface area contributed by atoms with Crippen LogP contribution in [0.3, 0.4) is 0 Å². The topological polar surface area (TPSA) is 18.5 Å². The molecule has 0 aliphatic heterocycles. The van der Waals surface area contributed by atoms with Crippen molar-refractivity contribution in [2.75, 3.05) is 14.2 Å². The van der Waals surface area contributed by atoms with E-state index in [9.17, 15) is 0 Å².